The largest absolute Gasteiger partial charge is 0.482 e. The monoisotopic (exact) mass is 346 g/mol. The van der Waals surface area contributed by atoms with Crippen LogP contribution in [0.25, 0.3) is 11.0 Å². The first-order valence-electron chi connectivity index (χ1n) is 8.91. The molecule has 0 saturated carbocycles. The summed E-state index contributed by atoms with van der Waals surface area (Å²) in [5.74, 6) is 0.0430. The Hall–Kier alpha value is -2.30. The van der Waals surface area contributed by atoms with Gasteiger partial charge >= 0.3 is 11.6 Å². The molecule has 0 aliphatic carbocycles. The number of ether oxygens (including phenoxy) is 2. The summed E-state index contributed by atoms with van der Waals surface area (Å²) in [4.78, 5) is 23.7. The minimum atomic E-state index is -0.428. The van der Waals surface area contributed by atoms with E-state index in [1.54, 1.807) is 19.1 Å². The van der Waals surface area contributed by atoms with Crippen molar-refractivity contribution in [3.63, 3.8) is 0 Å². The highest BCUT2D eigenvalue weighted by atomic mass is 16.6. The molecule has 5 heteroatoms. The Labute approximate surface area is 147 Å². The van der Waals surface area contributed by atoms with Crippen molar-refractivity contribution in [2.45, 2.75) is 52.9 Å². The van der Waals surface area contributed by atoms with Gasteiger partial charge in [0.15, 0.2) is 6.61 Å². The van der Waals surface area contributed by atoms with E-state index in [0.717, 1.165) is 35.8 Å². The van der Waals surface area contributed by atoms with E-state index < -0.39 is 5.97 Å². The minimum Gasteiger partial charge on any atom is -0.482 e. The lowest BCUT2D eigenvalue weighted by molar-refractivity contribution is -0.145. The average Bonchev–Trinajstić information content (AvgIpc) is 2.59. The van der Waals surface area contributed by atoms with E-state index in [9.17, 15) is 9.59 Å². The number of carbonyl (C=O) groups is 1. The molecule has 2 aromatic rings. The van der Waals surface area contributed by atoms with Crippen LogP contribution in [0.15, 0.2) is 27.4 Å². The molecule has 0 amide bonds. The number of carbonyl (C=O) groups excluding carboxylic acids is 1. The first-order valence-corrected chi connectivity index (χ1v) is 8.91. The maximum atomic E-state index is 12.3. The third-order valence-corrected chi connectivity index (χ3v) is 4.20. The maximum Gasteiger partial charge on any atom is 0.344 e. The van der Waals surface area contributed by atoms with Crippen molar-refractivity contribution in [1.82, 2.24) is 0 Å². The Balaban J connectivity index is 2.17. The summed E-state index contributed by atoms with van der Waals surface area (Å²) in [5, 5.41) is 0.897. The third-order valence-electron chi connectivity index (χ3n) is 4.20. The van der Waals surface area contributed by atoms with Gasteiger partial charge in [-0.05, 0) is 44.4 Å². The van der Waals surface area contributed by atoms with Crippen LogP contribution in [0.2, 0.25) is 0 Å². The molecule has 0 bridgehead atoms. The van der Waals surface area contributed by atoms with E-state index in [0.29, 0.717) is 17.9 Å². The molecule has 0 aliphatic heterocycles. The van der Waals surface area contributed by atoms with Crippen LogP contribution in [0.5, 0.6) is 5.75 Å². The number of unbranched alkanes of at least 4 members (excludes halogenated alkanes) is 3. The lowest BCUT2D eigenvalue weighted by atomic mass is 10.0. The van der Waals surface area contributed by atoms with Crippen LogP contribution in [0.1, 0.15) is 50.7 Å². The smallest absolute Gasteiger partial charge is 0.344 e. The Morgan fingerprint density at radius 3 is 2.68 bits per heavy atom. The van der Waals surface area contributed by atoms with Crippen LogP contribution in [0.4, 0.5) is 0 Å². The number of fused-ring (bicyclic) bond motifs is 1. The Bertz CT molecular complexity index is 775. The number of esters is 1. The Morgan fingerprint density at radius 2 is 1.96 bits per heavy atom. The van der Waals surface area contributed by atoms with E-state index in [-0.39, 0.29) is 12.2 Å². The molecule has 0 atom stereocenters. The summed E-state index contributed by atoms with van der Waals surface area (Å²) in [6, 6.07) is 5.28. The normalized spacial score (nSPS) is 10.8. The van der Waals surface area contributed by atoms with Crippen molar-refractivity contribution in [2.24, 2.45) is 0 Å². The van der Waals surface area contributed by atoms with E-state index >= 15 is 0 Å². The van der Waals surface area contributed by atoms with Crippen molar-refractivity contribution in [2.75, 3.05) is 13.2 Å². The van der Waals surface area contributed by atoms with Crippen LogP contribution in [-0.2, 0) is 16.0 Å². The number of benzene rings is 1. The Morgan fingerprint density at radius 1 is 1.16 bits per heavy atom. The van der Waals surface area contributed by atoms with Gasteiger partial charge in [0, 0.05) is 17.0 Å². The minimum absolute atomic E-state index is 0.169. The molecule has 25 heavy (non-hydrogen) atoms. The van der Waals surface area contributed by atoms with Crippen molar-refractivity contribution in [1.29, 1.82) is 0 Å². The molecular weight excluding hydrogens is 320 g/mol. The van der Waals surface area contributed by atoms with Crippen molar-refractivity contribution >= 4 is 16.9 Å². The van der Waals surface area contributed by atoms with Gasteiger partial charge in [-0.15, -0.1) is 0 Å². The van der Waals surface area contributed by atoms with Crippen LogP contribution >= 0.6 is 0 Å². The lowest BCUT2D eigenvalue weighted by Crippen LogP contribution is -2.14. The fraction of sp³-hybridized carbons (Fsp3) is 0.500. The molecule has 0 spiro atoms. The number of rotatable bonds is 9. The van der Waals surface area contributed by atoms with Crippen molar-refractivity contribution in [3.05, 3.63) is 39.7 Å². The van der Waals surface area contributed by atoms with Gasteiger partial charge in [0.1, 0.15) is 11.3 Å². The highest BCUT2D eigenvalue weighted by molar-refractivity contribution is 5.82. The molecule has 0 aliphatic rings. The molecule has 5 nitrogen and oxygen atoms in total. The van der Waals surface area contributed by atoms with Gasteiger partial charge in [-0.25, -0.2) is 9.59 Å². The molecule has 136 valence electrons. The second kappa shape index (κ2) is 9.25. The summed E-state index contributed by atoms with van der Waals surface area (Å²) < 4.78 is 15.7. The first kappa shape index (κ1) is 19.0. The van der Waals surface area contributed by atoms with Gasteiger partial charge in [-0.3, -0.25) is 0 Å². The fourth-order valence-electron chi connectivity index (χ4n) is 2.83. The van der Waals surface area contributed by atoms with E-state index in [1.807, 2.05) is 13.0 Å². The molecule has 1 aromatic heterocycles. The van der Waals surface area contributed by atoms with Gasteiger partial charge in [0.05, 0.1) is 6.61 Å². The maximum absolute atomic E-state index is 12.3. The quantitative estimate of drug-likeness (QED) is 0.387. The summed E-state index contributed by atoms with van der Waals surface area (Å²) >= 11 is 0. The fourth-order valence-corrected chi connectivity index (χ4v) is 2.83. The SMILES string of the molecule is CCCCCCc1c(C)c2ccc(OCC(=O)OCC)cc2oc1=O. The van der Waals surface area contributed by atoms with E-state index in [1.165, 1.54) is 12.8 Å². The molecular formula is C20H26O5. The molecule has 0 N–H and O–H groups in total. The highest BCUT2D eigenvalue weighted by Gasteiger charge is 2.12. The van der Waals surface area contributed by atoms with Crippen molar-refractivity contribution in [3.8, 4) is 5.75 Å². The molecule has 1 aromatic carbocycles. The molecule has 1 heterocycles. The molecule has 0 unspecified atom stereocenters. The summed E-state index contributed by atoms with van der Waals surface area (Å²) in [6.45, 7) is 6.00. The predicted octanol–water partition coefficient (Wildman–Crippen LogP) is 4.17. The van der Waals surface area contributed by atoms with E-state index in [4.69, 9.17) is 13.9 Å². The zero-order chi connectivity index (χ0) is 18.2. The molecule has 0 saturated heterocycles. The second-order valence-electron chi connectivity index (χ2n) is 6.06. The van der Waals surface area contributed by atoms with E-state index in [2.05, 4.69) is 6.92 Å². The number of aryl methyl sites for hydroxylation is 1. The van der Waals surface area contributed by atoms with Gasteiger partial charge in [-0.2, -0.15) is 0 Å². The van der Waals surface area contributed by atoms with Gasteiger partial charge in [0.25, 0.3) is 0 Å². The first-order chi connectivity index (χ1) is 12.1. The summed E-state index contributed by atoms with van der Waals surface area (Å²) in [5.41, 5.74) is 1.90. The van der Waals surface area contributed by atoms with Gasteiger partial charge in [-0.1, -0.05) is 26.2 Å². The third kappa shape index (κ3) is 5.08. The van der Waals surface area contributed by atoms with Crippen molar-refractivity contribution < 1.29 is 18.7 Å². The second-order valence-corrected chi connectivity index (χ2v) is 6.06. The standard InChI is InChI=1S/C20H26O5/c1-4-6-7-8-9-17-14(3)16-11-10-15(12-18(16)25-20(17)22)24-13-19(21)23-5-2/h10-12H,4-9,13H2,1-3H3. The van der Waals surface area contributed by atoms with Crippen LogP contribution in [-0.4, -0.2) is 19.2 Å². The van der Waals surface area contributed by atoms with Crippen LogP contribution in [0.3, 0.4) is 0 Å². The average molecular weight is 346 g/mol. The number of hydrogen-bond donors (Lipinski definition) is 0. The molecule has 0 fully saturated rings. The predicted molar refractivity (Wildman–Crippen MR) is 97.2 cm³/mol. The van der Waals surface area contributed by atoms with Crippen LogP contribution in [0, 0.1) is 6.92 Å². The topological polar surface area (TPSA) is 65.7 Å². The van der Waals surface area contributed by atoms with Crippen LogP contribution < -0.4 is 10.4 Å². The Kier molecular flexibility index (Phi) is 7.04. The van der Waals surface area contributed by atoms with Gasteiger partial charge in [0.2, 0.25) is 0 Å². The zero-order valence-electron chi connectivity index (χ0n) is 15.2. The zero-order valence-corrected chi connectivity index (χ0v) is 15.2. The lowest BCUT2D eigenvalue weighted by Gasteiger charge is -2.10. The molecule has 0 radical (unpaired) electrons. The summed E-state index contributed by atoms with van der Waals surface area (Å²) in [7, 11) is 0. The molecule has 2 rings (SSSR count). The summed E-state index contributed by atoms with van der Waals surface area (Å²) in [6.07, 6.45) is 5.20. The number of hydrogen-bond acceptors (Lipinski definition) is 5. The highest BCUT2D eigenvalue weighted by Crippen LogP contribution is 2.25. The van der Waals surface area contributed by atoms with Gasteiger partial charge < -0.3 is 13.9 Å².